The van der Waals surface area contributed by atoms with E-state index >= 15 is 0 Å². The summed E-state index contributed by atoms with van der Waals surface area (Å²) in [5.74, 6) is 2.53. The van der Waals surface area contributed by atoms with Crippen LogP contribution in [0.15, 0.2) is 236 Å². The molecule has 0 aliphatic heterocycles. The van der Waals surface area contributed by atoms with Crippen molar-refractivity contribution in [3.05, 3.63) is 247 Å². The smallest absolute Gasteiger partial charge is 0.238 e. The molecule has 0 amide bonds. The number of rotatable bonds is 10. The molecule has 70 heavy (non-hydrogen) atoms. The van der Waals surface area contributed by atoms with E-state index in [1.165, 1.54) is 5.39 Å². The van der Waals surface area contributed by atoms with E-state index < -0.39 is 5.66 Å². The minimum absolute atomic E-state index is 0.0890. The summed E-state index contributed by atoms with van der Waals surface area (Å²) in [7, 11) is 0. The molecule has 0 fully saturated rings. The lowest BCUT2D eigenvalue weighted by Gasteiger charge is -2.30. The van der Waals surface area contributed by atoms with Gasteiger partial charge in [-0.2, -0.15) is 9.97 Å². The van der Waals surface area contributed by atoms with Crippen LogP contribution in [0.2, 0.25) is 0 Å². The minimum Gasteiger partial charge on any atom is -0.348 e. The molecule has 3 N–H and O–H groups in total. The molecule has 2 unspecified atom stereocenters. The van der Waals surface area contributed by atoms with E-state index in [2.05, 4.69) is 155 Å². The Bertz CT molecular complexity index is 3840. The summed E-state index contributed by atoms with van der Waals surface area (Å²) in [5, 5.41) is 8.22. The fraction of sp³-hybridized carbons (Fsp3) is 0.0645. The average Bonchev–Trinajstić information content (AvgIpc) is 3.94. The Hall–Kier alpha value is -8.98. The molecule has 0 saturated heterocycles. The first-order valence-electron chi connectivity index (χ1n) is 23.7. The summed E-state index contributed by atoms with van der Waals surface area (Å²) in [5.41, 5.74) is 18.7. The van der Waals surface area contributed by atoms with Gasteiger partial charge in [-0.1, -0.05) is 188 Å². The highest BCUT2D eigenvalue weighted by molar-refractivity contribution is 6.17. The van der Waals surface area contributed by atoms with Gasteiger partial charge in [-0.05, 0) is 78.6 Å². The zero-order valence-electron chi connectivity index (χ0n) is 38.8. The van der Waals surface area contributed by atoms with Gasteiger partial charge in [-0.25, -0.2) is 4.98 Å². The third kappa shape index (κ3) is 7.66. The lowest BCUT2D eigenvalue weighted by atomic mass is 9.98. The molecule has 3 aromatic heterocycles. The van der Waals surface area contributed by atoms with Crippen LogP contribution in [0.3, 0.4) is 0 Å². The third-order valence-corrected chi connectivity index (χ3v) is 13.3. The second-order valence-electron chi connectivity index (χ2n) is 18.0. The number of nitrogens with one attached hydrogen (secondary N) is 1. The van der Waals surface area contributed by atoms with Gasteiger partial charge in [0.15, 0.2) is 11.6 Å². The molecule has 0 aliphatic rings. The van der Waals surface area contributed by atoms with Gasteiger partial charge in [0.2, 0.25) is 5.95 Å². The zero-order valence-corrected chi connectivity index (χ0v) is 38.8. The topological polar surface area (TPSA) is 98.9 Å². The molecule has 8 heteroatoms. The van der Waals surface area contributed by atoms with Gasteiger partial charge in [0.05, 0.1) is 28.1 Å². The average molecular weight is 905 g/mol. The van der Waals surface area contributed by atoms with E-state index in [1.54, 1.807) is 0 Å². The lowest BCUT2D eigenvalue weighted by molar-refractivity contribution is 0.455. The first kappa shape index (κ1) is 42.4. The van der Waals surface area contributed by atoms with E-state index in [1.807, 2.05) is 104 Å². The van der Waals surface area contributed by atoms with Crippen LogP contribution >= 0.6 is 0 Å². The summed E-state index contributed by atoms with van der Waals surface area (Å²) in [6.07, 6.45) is 0. The van der Waals surface area contributed by atoms with Crippen LogP contribution in [0.5, 0.6) is 0 Å². The molecule has 9 aromatic carbocycles. The van der Waals surface area contributed by atoms with Crippen molar-refractivity contribution >= 4 is 49.4 Å². The quantitative estimate of drug-likeness (QED) is 0.0809. The molecule has 0 aliphatic carbocycles. The van der Waals surface area contributed by atoms with Crippen LogP contribution in [0.25, 0.3) is 89.2 Å². The van der Waals surface area contributed by atoms with Crippen LogP contribution in [0, 0.1) is 0 Å². The van der Waals surface area contributed by atoms with E-state index in [-0.39, 0.29) is 6.04 Å². The van der Waals surface area contributed by atoms with E-state index in [0.717, 1.165) is 88.7 Å². The number of fused-ring (bicyclic) bond motifs is 6. The SMILES string of the molecule is CC(N=C(NC(C)(N)c1cccc(-n2c3ccccc3c3c(-c4ccc5c(c4)c4ccccc4n5-c4nc(-c5ccccc5)nc(-c5ccccc5)n4)cccc32)c1)c1ccccc1)c1ccccc1. The molecule has 0 spiro atoms. The van der Waals surface area contributed by atoms with Gasteiger partial charge in [0.1, 0.15) is 11.5 Å². The number of benzene rings is 9. The maximum Gasteiger partial charge on any atom is 0.238 e. The maximum absolute atomic E-state index is 7.32. The Balaban J connectivity index is 0.971. The number of nitrogens with two attached hydrogens (primary N) is 1. The minimum atomic E-state index is -0.979. The van der Waals surface area contributed by atoms with Gasteiger partial charge >= 0.3 is 0 Å². The second-order valence-corrected chi connectivity index (χ2v) is 18.0. The molecule has 0 saturated carbocycles. The second kappa shape index (κ2) is 17.6. The molecule has 12 aromatic rings. The number of amidine groups is 1. The van der Waals surface area contributed by atoms with Crippen LogP contribution in [-0.4, -0.2) is 29.9 Å². The van der Waals surface area contributed by atoms with Gasteiger partial charge in [-0.15, -0.1) is 0 Å². The van der Waals surface area contributed by atoms with Crippen molar-refractivity contribution in [3.8, 4) is 45.5 Å². The molecule has 0 bridgehead atoms. The first-order valence-corrected chi connectivity index (χ1v) is 23.7. The van der Waals surface area contributed by atoms with Gasteiger partial charge < -0.3 is 15.6 Å². The number of hydrogen-bond acceptors (Lipinski definition) is 5. The predicted molar refractivity (Wildman–Crippen MR) is 287 cm³/mol. The molecular weight excluding hydrogens is 857 g/mol. The maximum atomic E-state index is 7.32. The first-order chi connectivity index (χ1) is 34.4. The number of aromatic nitrogens is 5. The summed E-state index contributed by atoms with van der Waals surface area (Å²) < 4.78 is 4.53. The zero-order chi connectivity index (χ0) is 47.2. The summed E-state index contributed by atoms with van der Waals surface area (Å²) >= 11 is 0. The number of aliphatic imine (C=N–C) groups is 1. The largest absolute Gasteiger partial charge is 0.348 e. The summed E-state index contributed by atoms with van der Waals surface area (Å²) in [6.45, 7) is 4.13. The molecular formula is C62H48N8. The highest BCUT2D eigenvalue weighted by Gasteiger charge is 2.26. The van der Waals surface area contributed by atoms with Crippen molar-refractivity contribution in [2.24, 2.45) is 10.7 Å². The number of hydrogen-bond donors (Lipinski definition) is 2. The van der Waals surface area contributed by atoms with Crippen molar-refractivity contribution in [1.82, 2.24) is 29.4 Å². The van der Waals surface area contributed by atoms with Crippen LogP contribution in [-0.2, 0) is 5.66 Å². The molecule has 2 atom stereocenters. The van der Waals surface area contributed by atoms with Gasteiger partial charge in [-0.3, -0.25) is 9.56 Å². The van der Waals surface area contributed by atoms with Crippen molar-refractivity contribution in [2.45, 2.75) is 25.6 Å². The Morgan fingerprint density at radius 2 is 1.06 bits per heavy atom. The highest BCUT2D eigenvalue weighted by atomic mass is 15.2. The predicted octanol–water partition coefficient (Wildman–Crippen LogP) is 14.0. The summed E-state index contributed by atoms with van der Waals surface area (Å²) in [6, 6.07) is 79.8. The lowest BCUT2D eigenvalue weighted by Crippen LogP contribution is -2.51. The van der Waals surface area contributed by atoms with Crippen molar-refractivity contribution in [1.29, 1.82) is 0 Å². The normalized spacial score (nSPS) is 13.2. The Labute approximate surface area is 406 Å². The van der Waals surface area contributed by atoms with E-state index in [9.17, 15) is 0 Å². The monoisotopic (exact) mass is 904 g/mol. The van der Waals surface area contributed by atoms with Crippen LogP contribution in [0.4, 0.5) is 0 Å². The molecule has 0 radical (unpaired) electrons. The van der Waals surface area contributed by atoms with Crippen molar-refractivity contribution in [2.75, 3.05) is 0 Å². The number of para-hydroxylation sites is 2. The molecule has 3 heterocycles. The molecule has 8 nitrogen and oxygen atoms in total. The van der Waals surface area contributed by atoms with Crippen LogP contribution < -0.4 is 11.1 Å². The van der Waals surface area contributed by atoms with Crippen LogP contribution in [0.1, 0.15) is 36.6 Å². The fourth-order valence-electron chi connectivity index (χ4n) is 9.85. The van der Waals surface area contributed by atoms with E-state index in [0.29, 0.717) is 17.6 Å². The summed E-state index contributed by atoms with van der Waals surface area (Å²) in [4.78, 5) is 20.5. The van der Waals surface area contributed by atoms with E-state index in [4.69, 9.17) is 25.7 Å². The van der Waals surface area contributed by atoms with Crippen molar-refractivity contribution < 1.29 is 0 Å². The highest BCUT2D eigenvalue weighted by Crippen LogP contribution is 2.41. The standard InChI is InChI=1S/C62H48N8/c1-41(42-21-7-3-8-22-42)64-60(45-27-13-6-14-28-45)68-62(2,63)47-29-19-30-48(40-47)69-54-35-18-16-32-51(54)57-49(33-20-36-56(57)69)46-37-38-55-52(39-46)50-31-15-17-34-53(50)70(55)61-66-58(43-23-9-4-10-24-43)65-59(67-61)44-25-11-5-12-26-44/h3-41H,63H2,1-2H3,(H,64,68). The Morgan fingerprint density at radius 1 is 0.500 bits per heavy atom. The molecule has 336 valence electrons. The van der Waals surface area contributed by atoms with Gasteiger partial charge in [0.25, 0.3) is 0 Å². The van der Waals surface area contributed by atoms with Gasteiger partial charge in [0, 0.05) is 43.9 Å². The molecule has 12 rings (SSSR count). The Kier molecular flexibility index (Phi) is 10.6. The Morgan fingerprint density at radius 3 is 1.74 bits per heavy atom. The third-order valence-electron chi connectivity index (χ3n) is 13.3. The number of nitrogens with zero attached hydrogens (tertiary/aromatic N) is 6. The van der Waals surface area contributed by atoms with Crippen molar-refractivity contribution in [3.63, 3.8) is 0 Å². The fourth-order valence-corrected chi connectivity index (χ4v) is 9.85.